The van der Waals surface area contributed by atoms with Crippen LogP contribution in [0.1, 0.15) is 74.0 Å². The summed E-state index contributed by atoms with van der Waals surface area (Å²) in [5, 5.41) is 13.9. The van der Waals surface area contributed by atoms with E-state index in [0.717, 1.165) is 49.7 Å². The summed E-state index contributed by atoms with van der Waals surface area (Å²) in [6, 6.07) is 17.6. The zero-order valence-electron chi connectivity index (χ0n) is 31.6. The molecule has 2 saturated carbocycles. The number of fused-ring (bicyclic) bond motifs is 3. The molecule has 292 valence electrons. The van der Waals surface area contributed by atoms with Gasteiger partial charge in [-0.1, -0.05) is 32.0 Å². The second-order valence-electron chi connectivity index (χ2n) is 16.0. The van der Waals surface area contributed by atoms with E-state index >= 15 is 0 Å². The van der Waals surface area contributed by atoms with Crippen LogP contribution in [0.15, 0.2) is 79.3 Å². The number of ether oxygens (including phenoxy) is 1. The molecule has 5 aromatic rings. The minimum Gasteiger partial charge on any atom is -0.490 e. The second kappa shape index (κ2) is 14.6. The largest absolute Gasteiger partial charge is 0.490 e. The number of aromatic nitrogens is 4. The van der Waals surface area contributed by atoms with Gasteiger partial charge in [0, 0.05) is 67.2 Å². The molecule has 1 amide bonds. The number of aryl methyl sites for hydroxylation is 1. The average Bonchev–Trinajstić information content (AvgIpc) is 3.55. The number of pyridine rings is 1. The molecular formula is C43H45F3N6O4. The number of amides is 1. The molecule has 3 aromatic heterocycles. The first-order valence-corrected chi connectivity index (χ1v) is 19.4. The Morgan fingerprint density at radius 3 is 2.41 bits per heavy atom. The lowest BCUT2D eigenvalue weighted by Gasteiger charge is -2.52. The van der Waals surface area contributed by atoms with Gasteiger partial charge in [0.05, 0.1) is 16.8 Å². The third-order valence-corrected chi connectivity index (χ3v) is 12.2. The lowest BCUT2D eigenvalue weighted by molar-refractivity contribution is -0.155. The molecule has 4 heterocycles. The van der Waals surface area contributed by atoms with Gasteiger partial charge in [0.25, 0.3) is 5.91 Å². The van der Waals surface area contributed by atoms with Crippen molar-refractivity contribution in [3.05, 3.63) is 96.1 Å². The predicted molar refractivity (Wildman–Crippen MR) is 206 cm³/mol. The topological polar surface area (TPSA) is 122 Å². The molecule has 0 radical (unpaired) electrons. The number of nitrogens with one attached hydrogen (secondary N) is 1. The van der Waals surface area contributed by atoms with Crippen molar-refractivity contribution in [2.75, 3.05) is 18.0 Å². The van der Waals surface area contributed by atoms with E-state index in [1.807, 2.05) is 54.0 Å². The van der Waals surface area contributed by atoms with Gasteiger partial charge < -0.3 is 24.6 Å². The summed E-state index contributed by atoms with van der Waals surface area (Å²) in [7, 11) is 0. The van der Waals surface area contributed by atoms with Crippen molar-refractivity contribution in [2.24, 2.45) is 23.7 Å². The van der Waals surface area contributed by atoms with Crippen LogP contribution in [0, 0.1) is 30.6 Å². The molecule has 2 bridgehead atoms. The van der Waals surface area contributed by atoms with Gasteiger partial charge in [-0.25, -0.2) is 19.7 Å². The number of hydrogen-bond acceptors (Lipinski definition) is 7. The maximum atomic E-state index is 14.9. The second-order valence-corrected chi connectivity index (χ2v) is 16.0. The zero-order chi connectivity index (χ0) is 39.4. The Hall–Kier alpha value is -5.46. The van der Waals surface area contributed by atoms with E-state index in [4.69, 9.17) is 4.74 Å². The first kappa shape index (κ1) is 37.5. The molecule has 56 heavy (non-hydrogen) atoms. The van der Waals surface area contributed by atoms with Crippen LogP contribution in [0.3, 0.4) is 0 Å². The standard InChI is InChI=1S/C43H45F3N6O4/c1-25-19-28-21-27(3)42(40(54)55,29(20-25)22-28)50-39(53)33-11-12-35(49-38(33)43(44,45)46)34-24-52(36-8-5-4-7-26(36)2)37-23-31(9-10-32(34)37)56-30-13-17-51(18-14-30)41-47-15-6-16-48-41/h4-12,15-16,23-25,27-30H,13-14,17-22H2,1-3H3,(H,50,53)(H,54,55). The maximum absolute atomic E-state index is 14.9. The molecule has 13 heteroatoms. The number of para-hydroxylation sites is 1. The number of nitrogens with zero attached hydrogens (tertiary/aromatic N) is 5. The number of alkyl halides is 3. The van der Waals surface area contributed by atoms with Crippen molar-refractivity contribution in [3.8, 4) is 22.7 Å². The van der Waals surface area contributed by atoms with Crippen molar-refractivity contribution in [1.82, 2.24) is 24.8 Å². The fourth-order valence-electron chi connectivity index (χ4n) is 9.66. The number of benzene rings is 2. The summed E-state index contributed by atoms with van der Waals surface area (Å²) in [4.78, 5) is 41.9. The lowest BCUT2D eigenvalue weighted by atomic mass is 9.56. The fourth-order valence-corrected chi connectivity index (χ4v) is 9.66. The summed E-state index contributed by atoms with van der Waals surface area (Å²) in [5.74, 6) is -1.25. The number of aliphatic carboxylic acids is 1. The van der Waals surface area contributed by atoms with E-state index in [1.165, 1.54) is 6.07 Å². The summed E-state index contributed by atoms with van der Waals surface area (Å²) < 4.78 is 53.1. The molecule has 2 N–H and O–H groups in total. The van der Waals surface area contributed by atoms with E-state index in [1.54, 1.807) is 31.6 Å². The summed E-state index contributed by atoms with van der Waals surface area (Å²) in [6.45, 7) is 7.27. The summed E-state index contributed by atoms with van der Waals surface area (Å²) in [6.07, 6.45) is 4.44. The third-order valence-electron chi connectivity index (χ3n) is 12.2. The van der Waals surface area contributed by atoms with Gasteiger partial charge in [0.1, 0.15) is 17.4 Å². The Balaban J connectivity index is 1.13. The molecule has 8 rings (SSSR count). The van der Waals surface area contributed by atoms with Crippen LogP contribution in [0.5, 0.6) is 5.75 Å². The number of rotatable bonds is 8. The van der Waals surface area contributed by atoms with Crippen LogP contribution >= 0.6 is 0 Å². The molecular weight excluding hydrogens is 722 g/mol. The average molecular weight is 767 g/mol. The molecule has 1 aliphatic heterocycles. The van der Waals surface area contributed by atoms with Crippen LogP contribution in [-0.2, 0) is 11.0 Å². The predicted octanol–water partition coefficient (Wildman–Crippen LogP) is 8.50. The molecule has 3 aliphatic rings. The minimum absolute atomic E-state index is 0.0262. The van der Waals surface area contributed by atoms with Gasteiger partial charge in [0.2, 0.25) is 5.95 Å². The van der Waals surface area contributed by atoms with Crippen molar-refractivity contribution < 1.29 is 32.6 Å². The highest BCUT2D eigenvalue weighted by molar-refractivity contribution is 6.01. The highest BCUT2D eigenvalue weighted by Gasteiger charge is 2.57. The highest BCUT2D eigenvalue weighted by Crippen LogP contribution is 2.50. The smallest absolute Gasteiger partial charge is 0.434 e. The molecule has 5 unspecified atom stereocenters. The Bertz CT molecular complexity index is 2270. The van der Waals surface area contributed by atoms with E-state index < -0.39 is 40.8 Å². The van der Waals surface area contributed by atoms with Crippen LogP contribution in [0.4, 0.5) is 19.1 Å². The number of carbonyl (C=O) groups is 2. The van der Waals surface area contributed by atoms with Gasteiger partial charge >= 0.3 is 12.1 Å². The number of piperidine rings is 1. The number of halogens is 3. The zero-order valence-corrected chi connectivity index (χ0v) is 31.6. The monoisotopic (exact) mass is 766 g/mol. The maximum Gasteiger partial charge on any atom is 0.434 e. The first-order chi connectivity index (χ1) is 26.8. The van der Waals surface area contributed by atoms with E-state index in [9.17, 15) is 27.9 Å². The van der Waals surface area contributed by atoms with Crippen molar-refractivity contribution in [2.45, 2.75) is 77.1 Å². The Morgan fingerprint density at radius 2 is 1.70 bits per heavy atom. The molecule has 5 atom stereocenters. The van der Waals surface area contributed by atoms with Crippen molar-refractivity contribution in [1.29, 1.82) is 0 Å². The quantitative estimate of drug-likeness (QED) is 0.161. The van der Waals surface area contributed by atoms with Crippen molar-refractivity contribution >= 4 is 28.7 Å². The summed E-state index contributed by atoms with van der Waals surface area (Å²) in [5.41, 5.74) is -0.780. The van der Waals surface area contributed by atoms with Crippen LogP contribution in [0.2, 0.25) is 0 Å². The number of hydrogen-bond donors (Lipinski definition) is 2. The van der Waals surface area contributed by atoms with Gasteiger partial charge in [-0.15, -0.1) is 0 Å². The summed E-state index contributed by atoms with van der Waals surface area (Å²) >= 11 is 0. The normalized spacial score (nSPS) is 24.2. The lowest BCUT2D eigenvalue weighted by Crippen LogP contribution is -2.66. The number of carboxylic acid groups (broad SMARTS) is 1. The molecule has 2 aromatic carbocycles. The first-order valence-electron chi connectivity index (χ1n) is 19.4. The number of carbonyl (C=O) groups excluding carboxylic acids is 1. The molecule has 10 nitrogen and oxygen atoms in total. The molecule has 0 spiro atoms. The van der Waals surface area contributed by atoms with Crippen LogP contribution < -0.4 is 15.0 Å². The van der Waals surface area contributed by atoms with Crippen LogP contribution in [0.25, 0.3) is 27.8 Å². The molecule has 3 fully saturated rings. The van der Waals surface area contributed by atoms with Gasteiger partial charge in [0.15, 0.2) is 5.69 Å². The fraction of sp³-hybridized carbons (Fsp3) is 0.419. The number of anilines is 1. The Kier molecular flexibility index (Phi) is 9.74. The van der Waals surface area contributed by atoms with Gasteiger partial charge in [-0.2, -0.15) is 13.2 Å². The Labute approximate surface area is 323 Å². The van der Waals surface area contributed by atoms with E-state index in [2.05, 4.69) is 32.1 Å². The van der Waals surface area contributed by atoms with E-state index in [-0.39, 0.29) is 23.6 Å². The third kappa shape index (κ3) is 6.85. The highest BCUT2D eigenvalue weighted by atomic mass is 19.4. The van der Waals surface area contributed by atoms with Crippen molar-refractivity contribution in [3.63, 3.8) is 0 Å². The molecule has 2 aliphatic carbocycles. The molecule has 1 saturated heterocycles. The number of carboxylic acids is 1. The van der Waals surface area contributed by atoms with Gasteiger partial charge in [-0.3, -0.25) is 4.79 Å². The Morgan fingerprint density at radius 1 is 0.946 bits per heavy atom. The minimum atomic E-state index is -5.00. The SMILES string of the molecule is Cc1ccccc1-n1cc(-c2ccc(C(=O)NC3(C(=O)O)C(C)CC4CC(C)CC3C4)c(C(F)(F)F)n2)c2ccc(OC3CCN(c4ncccn4)CC3)cc21. The van der Waals surface area contributed by atoms with E-state index in [0.29, 0.717) is 53.3 Å². The van der Waals surface area contributed by atoms with Gasteiger partial charge in [-0.05, 0) is 98.2 Å². The van der Waals surface area contributed by atoms with Crippen LogP contribution in [-0.4, -0.2) is 61.2 Å².